The second-order valence-corrected chi connectivity index (χ2v) is 4.80. The molecule has 1 aromatic heterocycles. The molecule has 0 unspecified atom stereocenters. The van der Waals surface area contributed by atoms with Gasteiger partial charge in [-0.1, -0.05) is 12.1 Å². The third-order valence-corrected chi connectivity index (χ3v) is 3.44. The maximum atomic E-state index is 11.4. The first-order chi connectivity index (χ1) is 8.16. The minimum Gasteiger partial charge on any atom is -0.451 e. The molecule has 2 heterocycles. The van der Waals surface area contributed by atoms with E-state index in [-0.39, 0.29) is 0 Å². The molecule has 17 heavy (non-hydrogen) atoms. The molecule has 3 rings (SSSR count). The summed E-state index contributed by atoms with van der Waals surface area (Å²) in [5.41, 5.74) is 2.92. The quantitative estimate of drug-likeness (QED) is 0.729. The van der Waals surface area contributed by atoms with Crippen molar-refractivity contribution in [1.82, 2.24) is 4.90 Å². The number of rotatable bonds is 1. The van der Waals surface area contributed by atoms with Crippen molar-refractivity contribution < 1.29 is 9.21 Å². The second-order valence-electron chi connectivity index (χ2n) is 4.46. The Morgan fingerprint density at radius 1 is 1.47 bits per heavy atom. The van der Waals surface area contributed by atoms with Crippen LogP contribution >= 0.6 is 11.6 Å². The van der Waals surface area contributed by atoms with Gasteiger partial charge in [0.15, 0.2) is 5.76 Å². The summed E-state index contributed by atoms with van der Waals surface area (Å²) >= 11 is 5.58. The first-order valence-electron chi connectivity index (χ1n) is 5.58. The van der Waals surface area contributed by atoms with E-state index in [1.54, 1.807) is 0 Å². The van der Waals surface area contributed by atoms with E-state index in [0.29, 0.717) is 12.3 Å². The van der Waals surface area contributed by atoms with Crippen LogP contribution < -0.4 is 0 Å². The molecule has 0 atom stereocenters. The van der Waals surface area contributed by atoms with Crippen LogP contribution in [0.4, 0.5) is 0 Å². The smallest absolute Gasteiger partial charge is 0.288 e. The fourth-order valence-electron chi connectivity index (χ4n) is 2.47. The first-order valence-corrected chi connectivity index (χ1v) is 5.96. The van der Waals surface area contributed by atoms with Crippen molar-refractivity contribution in [2.45, 2.75) is 13.0 Å². The Labute approximate surface area is 104 Å². The van der Waals surface area contributed by atoms with Gasteiger partial charge in [0, 0.05) is 24.0 Å². The van der Waals surface area contributed by atoms with Crippen LogP contribution in [0.1, 0.15) is 21.7 Å². The van der Waals surface area contributed by atoms with Gasteiger partial charge in [-0.2, -0.15) is 0 Å². The van der Waals surface area contributed by atoms with Crippen molar-refractivity contribution in [1.29, 1.82) is 0 Å². The molecule has 0 bridgehead atoms. The average Bonchev–Trinajstić information content (AvgIpc) is 2.57. The molecular weight excluding hydrogens is 238 g/mol. The monoisotopic (exact) mass is 249 g/mol. The summed E-state index contributed by atoms with van der Waals surface area (Å²) in [6.07, 6.45) is 0.969. The van der Waals surface area contributed by atoms with Crippen LogP contribution in [0, 0.1) is 0 Å². The molecule has 0 amide bonds. The summed E-state index contributed by atoms with van der Waals surface area (Å²) in [5, 5.41) is 0.554. The van der Waals surface area contributed by atoms with Crippen LogP contribution in [0.3, 0.4) is 0 Å². The van der Waals surface area contributed by atoms with Crippen molar-refractivity contribution in [3.05, 3.63) is 35.1 Å². The fourth-order valence-corrected chi connectivity index (χ4v) is 2.62. The zero-order chi connectivity index (χ0) is 12.0. The number of hydrogen-bond donors (Lipinski definition) is 0. The SMILES string of the molecule is CN1CCc2cccc3oc(C(=O)Cl)c(c23)C1. The Hall–Kier alpha value is -1.32. The molecular formula is C13H12ClNO2. The fraction of sp³-hybridized carbons (Fsp3) is 0.308. The molecule has 0 saturated carbocycles. The maximum Gasteiger partial charge on any atom is 0.288 e. The van der Waals surface area contributed by atoms with E-state index in [1.807, 2.05) is 19.2 Å². The highest BCUT2D eigenvalue weighted by molar-refractivity contribution is 6.67. The zero-order valence-corrected chi connectivity index (χ0v) is 10.3. The molecule has 3 nitrogen and oxygen atoms in total. The summed E-state index contributed by atoms with van der Waals surface area (Å²) in [7, 11) is 2.03. The van der Waals surface area contributed by atoms with Crippen LogP contribution in [0.15, 0.2) is 22.6 Å². The lowest BCUT2D eigenvalue weighted by atomic mass is 10.0. The Morgan fingerprint density at radius 2 is 2.29 bits per heavy atom. The first kappa shape index (κ1) is 10.8. The lowest BCUT2D eigenvalue weighted by Gasteiger charge is -2.12. The van der Waals surface area contributed by atoms with Gasteiger partial charge in [0.2, 0.25) is 0 Å². The van der Waals surface area contributed by atoms with Crippen molar-refractivity contribution in [2.75, 3.05) is 13.6 Å². The predicted molar refractivity (Wildman–Crippen MR) is 66.4 cm³/mol. The minimum atomic E-state index is -0.516. The van der Waals surface area contributed by atoms with Gasteiger partial charge in [-0.25, -0.2) is 0 Å². The molecule has 1 aliphatic heterocycles. The van der Waals surface area contributed by atoms with Gasteiger partial charge in [0.25, 0.3) is 5.24 Å². The summed E-state index contributed by atoms with van der Waals surface area (Å²) in [6.45, 7) is 1.68. The average molecular weight is 250 g/mol. The Morgan fingerprint density at radius 3 is 3.06 bits per heavy atom. The highest BCUT2D eigenvalue weighted by atomic mass is 35.5. The van der Waals surface area contributed by atoms with Gasteiger partial charge in [-0.3, -0.25) is 4.79 Å². The Kier molecular flexibility index (Phi) is 2.45. The molecule has 1 aromatic carbocycles. The molecule has 0 saturated heterocycles. The lowest BCUT2D eigenvalue weighted by molar-refractivity contribution is 0.105. The molecule has 4 heteroatoms. The van der Waals surface area contributed by atoms with Crippen molar-refractivity contribution in [3.63, 3.8) is 0 Å². The van der Waals surface area contributed by atoms with Gasteiger partial charge in [0.05, 0.1) is 0 Å². The van der Waals surface area contributed by atoms with Gasteiger partial charge < -0.3 is 9.32 Å². The topological polar surface area (TPSA) is 33.5 Å². The summed E-state index contributed by atoms with van der Waals surface area (Å²) in [5.74, 6) is 0.294. The van der Waals surface area contributed by atoms with Gasteiger partial charge in [-0.15, -0.1) is 0 Å². The number of carbonyl (C=O) groups is 1. The van der Waals surface area contributed by atoms with Crippen molar-refractivity contribution in [3.8, 4) is 0 Å². The second kappa shape index (κ2) is 3.86. The summed E-state index contributed by atoms with van der Waals surface area (Å²) in [6, 6.07) is 5.93. The van der Waals surface area contributed by atoms with Crippen LogP contribution in [0.25, 0.3) is 11.0 Å². The number of benzene rings is 1. The lowest BCUT2D eigenvalue weighted by Crippen LogP contribution is -2.19. The molecule has 88 valence electrons. The molecule has 2 aromatic rings. The Bertz CT molecular complexity index is 603. The van der Waals surface area contributed by atoms with Gasteiger partial charge in [0.1, 0.15) is 5.58 Å². The number of nitrogens with zero attached hydrogens (tertiary/aromatic N) is 1. The van der Waals surface area contributed by atoms with Crippen molar-refractivity contribution >= 4 is 27.8 Å². The summed E-state index contributed by atoms with van der Waals surface area (Å²) in [4.78, 5) is 13.6. The van der Waals surface area contributed by atoms with Gasteiger partial charge in [-0.05, 0) is 36.7 Å². The maximum absolute atomic E-state index is 11.4. The Balaban J connectivity index is 2.35. The molecule has 0 N–H and O–H groups in total. The van der Waals surface area contributed by atoms with E-state index < -0.39 is 5.24 Å². The highest BCUT2D eigenvalue weighted by Crippen LogP contribution is 2.33. The minimum absolute atomic E-state index is 0.294. The molecule has 0 fully saturated rings. The van der Waals surface area contributed by atoms with E-state index in [9.17, 15) is 4.79 Å². The third-order valence-electron chi connectivity index (χ3n) is 3.27. The number of halogens is 1. The standard InChI is InChI=1S/C13H12ClNO2/c1-15-6-5-8-3-2-4-10-11(8)9(7-15)12(17-10)13(14)16/h2-4H,5-7H2,1H3. The highest BCUT2D eigenvalue weighted by Gasteiger charge is 2.24. The van der Waals surface area contributed by atoms with E-state index in [4.69, 9.17) is 16.0 Å². The van der Waals surface area contributed by atoms with Crippen LogP contribution in [-0.2, 0) is 13.0 Å². The van der Waals surface area contributed by atoms with Crippen LogP contribution in [0.2, 0.25) is 0 Å². The van der Waals surface area contributed by atoms with E-state index in [1.165, 1.54) is 5.56 Å². The normalized spacial score (nSPS) is 16.1. The van der Waals surface area contributed by atoms with Crippen LogP contribution in [-0.4, -0.2) is 23.7 Å². The number of likely N-dealkylation sites (N-methyl/N-ethyl adjacent to an activating group) is 1. The van der Waals surface area contributed by atoms with E-state index in [0.717, 1.165) is 29.5 Å². The molecule has 1 aliphatic rings. The number of carbonyl (C=O) groups excluding carboxylic acids is 1. The van der Waals surface area contributed by atoms with E-state index >= 15 is 0 Å². The molecule has 0 radical (unpaired) electrons. The summed E-state index contributed by atoms with van der Waals surface area (Å²) < 4.78 is 5.57. The van der Waals surface area contributed by atoms with Crippen LogP contribution in [0.5, 0.6) is 0 Å². The number of furan rings is 1. The molecule has 0 spiro atoms. The van der Waals surface area contributed by atoms with Crippen molar-refractivity contribution in [2.24, 2.45) is 0 Å². The number of hydrogen-bond acceptors (Lipinski definition) is 3. The largest absolute Gasteiger partial charge is 0.451 e. The zero-order valence-electron chi connectivity index (χ0n) is 9.50. The predicted octanol–water partition coefficient (Wildman–Crippen LogP) is 2.80. The van der Waals surface area contributed by atoms with E-state index in [2.05, 4.69) is 11.0 Å². The third kappa shape index (κ3) is 1.66. The van der Waals surface area contributed by atoms with Gasteiger partial charge >= 0.3 is 0 Å². The molecule has 0 aliphatic carbocycles.